The van der Waals surface area contributed by atoms with Gasteiger partial charge in [0.25, 0.3) is 0 Å². The molecule has 0 radical (unpaired) electrons. The summed E-state index contributed by atoms with van der Waals surface area (Å²) in [5.41, 5.74) is 0. The van der Waals surface area contributed by atoms with E-state index in [-0.39, 0.29) is 18.9 Å². The van der Waals surface area contributed by atoms with E-state index in [0.29, 0.717) is 6.54 Å². The van der Waals surface area contributed by atoms with Crippen LogP contribution in [0.2, 0.25) is 0 Å². The summed E-state index contributed by atoms with van der Waals surface area (Å²) in [5.74, 6) is -0.168. The second-order valence-corrected chi connectivity index (χ2v) is 5.47. The Morgan fingerprint density at radius 2 is 1.80 bits per heavy atom. The van der Waals surface area contributed by atoms with E-state index in [9.17, 15) is 20.1 Å². The van der Waals surface area contributed by atoms with E-state index in [1.807, 2.05) is 4.90 Å². The topological polar surface area (TPSA) is 93.0 Å². The second-order valence-electron chi connectivity index (χ2n) is 5.47. The largest absolute Gasteiger partial charge is 0.395 e. The molecule has 0 aromatic carbocycles. The van der Waals surface area contributed by atoms with E-state index >= 15 is 0 Å². The minimum atomic E-state index is -0.999. The lowest BCUT2D eigenvalue weighted by Crippen LogP contribution is -2.43. The first-order valence-electron chi connectivity index (χ1n) is 7.50. The summed E-state index contributed by atoms with van der Waals surface area (Å²) in [6.07, 6.45) is 2.44. The maximum absolute atomic E-state index is 11.5. The van der Waals surface area contributed by atoms with Crippen molar-refractivity contribution >= 4 is 5.91 Å². The van der Waals surface area contributed by atoms with Gasteiger partial charge in [0.2, 0.25) is 5.91 Å². The molecule has 0 bridgehead atoms. The quantitative estimate of drug-likeness (QED) is 0.451. The number of nitrogens with one attached hydrogen (secondary N) is 1. The zero-order valence-electron chi connectivity index (χ0n) is 12.5. The fourth-order valence-corrected chi connectivity index (χ4v) is 2.89. The summed E-state index contributed by atoms with van der Waals surface area (Å²) in [6.45, 7) is 2.60. The molecule has 20 heavy (non-hydrogen) atoms. The maximum Gasteiger partial charge on any atom is 0.221 e. The zero-order chi connectivity index (χ0) is 15.1. The van der Waals surface area contributed by atoms with Gasteiger partial charge in [-0.25, -0.2) is 0 Å². The molecule has 0 spiro atoms. The number of hydrogen-bond acceptors (Lipinski definition) is 5. The third kappa shape index (κ3) is 4.15. The first-order valence-corrected chi connectivity index (χ1v) is 7.50. The molecule has 0 unspecified atom stereocenters. The van der Waals surface area contributed by atoms with Gasteiger partial charge < -0.3 is 20.6 Å². The van der Waals surface area contributed by atoms with Crippen LogP contribution >= 0.6 is 0 Å². The molecule has 1 fully saturated rings. The van der Waals surface area contributed by atoms with Gasteiger partial charge in [0.1, 0.15) is 0 Å². The van der Waals surface area contributed by atoms with Gasteiger partial charge in [-0.3, -0.25) is 9.69 Å². The van der Waals surface area contributed by atoms with Crippen LogP contribution in [0.25, 0.3) is 0 Å². The number of rotatable bonds is 8. The monoisotopic (exact) mass is 288 g/mol. The standard InChI is InChI=1S/C14H28N2O4/c1-3-4-5-6-7-16-10(8-12(18)15-2)13(19)14(20)11(16)9-17/h10-11,13-14,17,19-20H,3-9H2,1-2H3,(H,15,18)/t10-,11-,13+,14-/m0/s1. The van der Waals surface area contributed by atoms with E-state index in [0.717, 1.165) is 25.7 Å². The Morgan fingerprint density at radius 3 is 2.35 bits per heavy atom. The van der Waals surface area contributed by atoms with E-state index in [1.165, 1.54) is 0 Å². The molecule has 6 nitrogen and oxygen atoms in total. The van der Waals surface area contributed by atoms with Gasteiger partial charge in [0.05, 0.1) is 24.9 Å². The van der Waals surface area contributed by atoms with Crippen LogP contribution in [0.15, 0.2) is 0 Å². The molecule has 1 aliphatic heterocycles. The smallest absolute Gasteiger partial charge is 0.221 e. The van der Waals surface area contributed by atoms with E-state index in [2.05, 4.69) is 12.2 Å². The van der Waals surface area contributed by atoms with Crippen LogP contribution in [0.4, 0.5) is 0 Å². The Kier molecular flexibility index (Phi) is 7.43. The highest BCUT2D eigenvalue weighted by Gasteiger charge is 2.47. The number of unbranched alkanes of at least 4 members (excludes halogenated alkanes) is 3. The first-order chi connectivity index (χ1) is 9.56. The van der Waals surface area contributed by atoms with Crippen LogP contribution in [0, 0.1) is 0 Å². The normalized spacial score (nSPS) is 30.6. The van der Waals surface area contributed by atoms with Crippen molar-refractivity contribution in [2.75, 3.05) is 20.2 Å². The highest BCUT2D eigenvalue weighted by molar-refractivity contribution is 5.76. The SMILES string of the molecule is CCCCCCN1[C@@H](CO)[C@H](O)[C@H](O)[C@@H]1CC(=O)NC. The van der Waals surface area contributed by atoms with Crippen molar-refractivity contribution < 1.29 is 20.1 Å². The summed E-state index contributed by atoms with van der Waals surface area (Å²) in [4.78, 5) is 13.4. The minimum Gasteiger partial charge on any atom is -0.395 e. The average Bonchev–Trinajstić information content (AvgIpc) is 2.67. The van der Waals surface area contributed by atoms with Crippen LogP contribution < -0.4 is 5.32 Å². The number of amides is 1. The first kappa shape index (κ1) is 17.4. The number of aliphatic hydroxyl groups excluding tert-OH is 3. The van der Waals surface area contributed by atoms with Crippen LogP contribution in [0.3, 0.4) is 0 Å². The number of aliphatic hydroxyl groups is 3. The molecule has 6 heteroatoms. The van der Waals surface area contributed by atoms with Crippen molar-refractivity contribution in [1.82, 2.24) is 10.2 Å². The van der Waals surface area contributed by atoms with Crippen LogP contribution in [0.5, 0.6) is 0 Å². The summed E-state index contributed by atoms with van der Waals surface area (Å²) in [5, 5.41) is 32.1. The van der Waals surface area contributed by atoms with Crippen LogP contribution in [-0.4, -0.2) is 70.6 Å². The van der Waals surface area contributed by atoms with Crippen molar-refractivity contribution in [3.63, 3.8) is 0 Å². The summed E-state index contributed by atoms with van der Waals surface area (Å²) in [6, 6.07) is -0.912. The second kappa shape index (κ2) is 8.56. The molecular formula is C14H28N2O4. The fraction of sp³-hybridized carbons (Fsp3) is 0.929. The summed E-state index contributed by atoms with van der Waals surface area (Å²) >= 11 is 0. The van der Waals surface area contributed by atoms with Crippen LogP contribution in [-0.2, 0) is 4.79 Å². The number of carbonyl (C=O) groups is 1. The molecule has 1 aliphatic rings. The van der Waals surface area contributed by atoms with Crippen molar-refractivity contribution in [3.8, 4) is 0 Å². The van der Waals surface area contributed by atoms with Gasteiger partial charge in [-0.1, -0.05) is 26.2 Å². The molecule has 1 amide bonds. The Hall–Kier alpha value is -0.690. The fourth-order valence-electron chi connectivity index (χ4n) is 2.89. The predicted octanol–water partition coefficient (Wildman–Crippen LogP) is -0.530. The van der Waals surface area contributed by atoms with E-state index < -0.39 is 24.3 Å². The Labute approximate surface area is 120 Å². The van der Waals surface area contributed by atoms with E-state index in [1.54, 1.807) is 7.05 Å². The molecule has 118 valence electrons. The van der Waals surface area contributed by atoms with Crippen LogP contribution in [0.1, 0.15) is 39.0 Å². The molecule has 1 rings (SSSR count). The third-order valence-corrected chi connectivity index (χ3v) is 4.12. The molecule has 0 aromatic rings. The van der Waals surface area contributed by atoms with Crippen molar-refractivity contribution in [1.29, 1.82) is 0 Å². The average molecular weight is 288 g/mol. The highest BCUT2D eigenvalue weighted by Crippen LogP contribution is 2.28. The molecule has 0 aliphatic carbocycles. The molecule has 0 aromatic heterocycles. The lowest BCUT2D eigenvalue weighted by molar-refractivity contribution is -0.122. The number of carbonyl (C=O) groups excluding carboxylic acids is 1. The Morgan fingerprint density at radius 1 is 1.15 bits per heavy atom. The van der Waals surface area contributed by atoms with Crippen molar-refractivity contribution in [2.24, 2.45) is 0 Å². The predicted molar refractivity (Wildman–Crippen MR) is 76.2 cm³/mol. The summed E-state index contributed by atoms with van der Waals surface area (Å²) in [7, 11) is 1.55. The van der Waals surface area contributed by atoms with Gasteiger partial charge in [0, 0.05) is 19.5 Å². The molecular weight excluding hydrogens is 260 g/mol. The lowest BCUT2D eigenvalue weighted by Gasteiger charge is -2.29. The third-order valence-electron chi connectivity index (χ3n) is 4.12. The van der Waals surface area contributed by atoms with Gasteiger partial charge in [-0.15, -0.1) is 0 Å². The molecule has 1 saturated heterocycles. The lowest BCUT2D eigenvalue weighted by atomic mass is 10.1. The molecule has 1 heterocycles. The maximum atomic E-state index is 11.5. The van der Waals surface area contributed by atoms with Gasteiger partial charge in [0.15, 0.2) is 0 Å². The zero-order valence-corrected chi connectivity index (χ0v) is 12.5. The van der Waals surface area contributed by atoms with E-state index in [4.69, 9.17) is 0 Å². The number of nitrogens with zero attached hydrogens (tertiary/aromatic N) is 1. The van der Waals surface area contributed by atoms with Crippen molar-refractivity contribution in [2.45, 2.75) is 63.3 Å². The van der Waals surface area contributed by atoms with Gasteiger partial charge in [-0.2, -0.15) is 0 Å². The van der Waals surface area contributed by atoms with Gasteiger partial charge >= 0.3 is 0 Å². The minimum absolute atomic E-state index is 0.138. The molecule has 4 atom stereocenters. The summed E-state index contributed by atoms with van der Waals surface area (Å²) < 4.78 is 0. The van der Waals surface area contributed by atoms with Gasteiger partial charge in [-0.05, 0) is 13.0 Å². The Bertz CT molecular complexity index is 301. The molecule has 0 saturated carbocycles. The van der Waals surface area contributed by atoms with Crippen molar-refractivity contribution in [3.05, 3.63) is 0 Å². The highest BCUT2D eigenvalue weighted by atomic mass is 16.3. The number of hydrogen-bond donors (Lipinski definition) is 4. The Balaban J connectivity index is 2.67. The number of likely N-dealkylation sites (tertiary alicyclic amines) is 1. The molecule has 4 N–H and O–H groups in total.